The highest BCUT2D eigenvalue weighted by atomic mass is 19.2. The zero-order chi connectivity index (χ0) is 12.1. The number of hydrogen-bond acceptors (Lipinski definition) is 2. The number of nitrogens with zero attached hydrogens (tertiary/aromatic N) is 1. The van der Waals surface area contributed by atoms with Crippen LogP contribution in [0.25, 0.3) is 6.08 Å². The number of likely N-dealkylation sites (N-methyl/N-ethyl adjacent to an activating group) is 1. The van der Waals surface area contributed by atoms with E-state index >= 15 is 0 Å². The van der Waals surface area contributed by atoms with Crippen LogP contribution in [-0.4, -0.2) is 13.0 Å². The van der Waals surface area contributed by atoms with E-state index in [1.165, 1.54) is 19.2 Å². The Kier molecular flexibility index (Phi) is 3.72. The number of halogens is 2. The lowest BCUT2D eigenvalue weighted by molar-refractivity contribution is -0.116. The predicted molar refractivity (Wildman–Crippen MR) is 54.0 cm³/mol. The molecular weight excluding hydrogens is 214 g/mol. The summed E-state index contributed by atoms with van der Waals surface area (Å²) in [6, 6.07) is 4.79. The minimum atomic E-state index is -1.03. The second kappa shape index (κ2) is 5.03. The van der Waals surface area contributed by atoms with Gasteiger partial charge in [0.2, 0.25) is 0 Å². The number of carbonyl (C=O) groups is 1. The zero-order valence-corrected chi connectivity index (χ0v) is 8.42. The molecule has 1 aromatic rings. The molecule has 1 rings (SSSR count). The van der Waals surface area contributed by atoms with Crippen LogP contribution in [-0.2, 0) is 4.79 Å². The summed E-state index contributed by atoms with van der Waals surface area (Å²) >= 11 is 0. The topological polar surface area (TPSA) is 52.9 Å². The number of carbonyl (C=O) groups excluding carboxylic acids is 1. The summed E-state index contributed by atoms with van der Waals surface area (Å²) in [7, 11) is 1.37. The third-order valence-corrected chi connectivity index (χ3v) is 1.85. The SMILES string of the molecule is CNC(=O)/C(C#N)=C/c1ccc(F)c(F)c1. The maximum Gasteiger partial charge on any atom is 0.261 e. The number of nitriles is 1. The molecule has 0 heterocycles. The molecule has 0 saturated carbocycles. The average Bonchev–Trinajstić information content (AvgIpc) is 2.29. The fourth-order valence-electron chi connectivity index (χ4n) is 1.05. The molecule has 82 valence electrons. The first-order valence-electron chi connectivity index (χ1n) is 4.37. The lowest BCUT2D eigenvalue weighted by Crippen LogP contribution is -2.19. The molecule has 1 aromatic carbocycles. The van der Waals surface area contributed by atoms with Gasteiger partial charge in [-0.05, 0) is 23.8 Å². The second-order valence-electron chi connectivity index (χ2n) is 2.92. The van der Waals surface area contributed by atoms with Gasteiger partial charge in [-0.1, -0.05) is 6.07 Å². The van der Waals surface area contributed by atoms with E-state index < -0.39 is 17.5 Å². The molecule has 0 aliphatic carbocycles. The Labute approximate surface area is 91.0 Å². The van der Waals surface area contributed by atoms with Crippen molar-refractivity contribution in [1.82, 2.24) is 5.32 Å². The van der Waals surface area contributed by atoms with Gasteiger partial charge in [0.05, 0.1) is 0 Å². The summed E-state index contributed by atoms with van der Waals surface area (Å²) in [5.41, 5.74) is 0.0764. The molecule has 0 fully saturated rings. The highest BCUT2D eigenvalue weighted by Crippen LogP contribution is 2.12. The molecule has 0 radical (unpaired) electrons. The van der Waals surface area contributed by atoms with Crippen LogP contribution >= 0.6 is 0 Å². The van der Waals surface area contributed by atoms with Crippen molar-refractivity contribution in [2.75, 3.05) is 7.05 Å². The molecule has 1 N–H and O–H groups in total. The first-order valence-corrected chi connectivity index (χ1v) is 4.37. The fourth-order valence-corrected chi connectivity index (χ4v) is 1.05. The normalized spacial score (nSPS) is 10.8. The van der Waals surface area contributed by atoms with E-state index in [9.17, 15) is 13.6 Å². The van der Waals surface area contributed by atoms with Gasteiger partial charge < -0.3 is 5.32 Å². The van der Waals surface area contributed by atoms with Crippen LogP contribution in [0.1, 0.15) is 5.56 Å². The van der Waals surface area contributed by atoms with E-state index in [0.29, 0.717) is 0 Å². The number of hydrogen-bond donors (Lipinski definition) is 1. The summed E-state index contributed by atoms with van der Waals surface area (Å²) in [6.45, 7) is 0. The van der Waals surface area contributed by atoms with Gasteiger partial charge in [0, 0.05) is 7.05 Å². The van der Waals surface area contributed by atoms with Gasteiger partial charge in [-0.15, -0.1) is 0 Å². The van der Waals surface area contributed by atoms with E-state index in [1.807, 2.05) is 0 Å². The summed E-state index contributed by atoms with van der Waals surface area (Å²) in [5.74, 6) is -2.58. The van der Waals surface area contributed by atoms with Gasteiger partial charge in [-0.2, -0.15) is 5.26 Å². The van der Waals surface area contributed by atoms with Gasteiger partial charge in [-0.3, -0.25) is 4.79 Å². The molecule has 5 heteroatoms. The first kappa shape index (κ1) is 11.9. The fraction of sp³-hybridized carbons (Fsp3) is 0.0909. The maximum absolute atomic E-state index is 12.8. The van der Waals surface area contributed by atoms with E-state index in [-0.39, 0.29) is 11.1 Å². The van der Waals surface area contributed by atoms with Crippen molar-refractivity contribution in [2.45, 2.75) is 0 Å². The average molecular weight is 222 g/mol. The molecule has 0 unspecified atom stereocenters. The standard InChI is InChI=1S/C11H8F2N2O/c1-15-11(16)8(6-14)4-7-2-3-9(12)10(13)5-7/h2-5H,1H3,(H,15,16)/b8-4+. The van der Waals surface area contributed by atoms with Crippen LogP contribution < -0.4 is 5.32 Å². The minimum absolute atomic E-state index is 0.173. The van der Waals surface area contributed by atoms with Crippen molar-refractivity contribution in [3.8, 4) is 6.07 Å². The Morgan fingerprint density at radius 2 is 2.12 bits per heavy atom. The first-order chi connectivity index (χ1) is 7.58. The third-order valence-electron chi connectivity index (χ3n) is 1.85. The Hall–Kier alpha value is -2.22. The Balaban J connectivity index is 3.10. The predicted octanol–water partition coefficient (Wildman–Crippen LogP) is 1.62. The molecule has 0 atom stereocenters. The van der Waals surface area contributed by atoms with Gasteiger partial charge in [0.25, 0.3) is 5.91 Å². The van der Waals surface area contributed by atoms with Crippen LogP contribution in [0.2, 0.25) is 0 Å². The molecule has 0 bridgehead atoms. The quantitative estimate of drug-likeness (QED) is 0.610. The van der Waals surface area contributed by atoms with E-state index in [4.69, 9.17) is 5.26 Å². The van der Waals surface area contributed by atoms with Crippen LogP contribution in [0.5, 0.6) is 0 Å². The summed E-state index contributed by atoms with van der Waals surface area (Å²) in [6.07, 6.45) is 1.18. The lowest BCUT2D eigenvalue weighted by atomic mass is 10.1. The number of rotatable bonds is 2. The molecule has 3 nitrogen and oxygen atoms in total. The van der Waals surface area contributed by atoms with Crippen molar-refractivity contribution in [1.29, 1.82) is 5.26 Å². The monoisotopic (exact) mass is 222 g/mol. The van der Waals surface area contributed by atoms with Crippen molar-refractivity contribution in [3.63, 3.8) is 0 Å². The van der Waals surface area contributed by atoms with Crippen molar-refractivity contribution >= 4 is 12.0 Å². The number of benzene rings is 1. The van der Waals surface area contributed by atoms with Gasteiger partial charge >= 0.3 is 0 Å². The summed E-state index contributed by atoms with van der Waals surface area (Å²) in [4.78, 5) is 11.1. The molecule has 0 saturated heterocycles. The Morgan fingerprint density at radius 1 is 1.44 bits per heavy atom. The molecule has 0 spiro atoms. The highest BCUT2D eigenvalue weighted by molar-refractivity contribution is 6.01. The summed E-state index contributed by atoms with van der Waals surface area (Å²) in [5, 5.41) is 10.9. The van der Waals surface area contributed by atoms with Crippen molar-refractivity contribution in [3.05, 3.63) is 41.0 Å². The Bertz CT molecular complexity index is 489. The number of amides is 1. The van der Waals surface area contributed by atoms with Gasteiger partial charge in [0.15, 0.2) is 11.6 Å². The molecular formula is C11H8F2N2O. The van der Waals surface area contributed by atoms with Crippen molar-refractivity contribution < 1.29 is 13.6 Å². The van der Waals surface area contributed by atoms with Gasteiger partial charge in [-0.25, -0.2) is 8.78 Å². The molecule has 1 amide bonds. The van der Waals surface area contributed by atoms with E-state index in [1.54, 1.807) is 6.07 Å². The molecule has 0 aliphatic rings. The smallest absolute Gasteiger partial charge is 0.261 e. The zero-order valence-electron chi connectivity index (χ0n) is 8.42. The summed E-state index contributed by atoms with van der Waals surface area (Å²) < 4.78 is 25.4. The van der Waals surface area contributed by atoms with Crippen LogP contribution in [0.3, 0.4) is 0 Å². The van der Waals surface area contributed by atoms with Crippen LogP contribution in [0.4, 0.5) is 8.78 Å². The van der Waals surface area contributed by atoms with Gasteiger partial charge in [0.1, 0.15) is 11.6 Å². The minimum Gasteiger partial charge on any atom is -0.354 e. The third kappa shape index (κ3) is 2.64. The maximum atomic E-state index is 12.8. The second-order valence-corrected chi connectivity index (χ2v) is 2.92. The number of nitrogens with one attached hydrogen (secondary N) is 1. The van der Waals surface area contributed by atoms with Crippen LogP contribution in [0, 0.1) is 23.0 Å². The lowest BCUT2D eigenvalue weighted by Gasteiger charge is -1.98. The highest BCUT2D eigenvalue weighted by Gasteiger charge is 2.07. The Morgan fingerprint density at radius 3 is 2.62 bits per heavy atom. The van der Waals surface area contributed by atoms with E-state index in [2.05, 4.69) is 5.32 Å². The van der Waals surface area contributed by atoms with E-state index in [0.717, 1.165) is 12.1 Å². The molecule has 16 heavy (non-hydrogen) atoms. The largest absolute Gasteiger partial charge is 0.354 e. The molecule has 0 aromatic heterocycles. The van der Waals surface area contributed by atoms with Crippen molar-refractivity contribution in [2.24, 2.45) is 0 Å². The molecule has 0 aliphatic heterocycles. The van der Waals surface area contributed by atoms with Crippen LogP contribution in [0.15, 0.2) is 23.8 Å².